The molecule has 4 nitrogen and oxygen atoms in total. The maximum absolute atomic E-state index is 13.3. The fraction of sp³-hybridized carbons (Fsp3) is 0.517. The lowest BCUT2D eigenvalue weighted by Crippen LogP contribution is -2.56. The van der Waals surface area contributed by atoms with E-state index >= 15 is 0 Å². The number of Topliss-reactive ketones (excluding diaryl/α,β-unsaturated/α-hetero) is 1. The van der Waals surface area contributed by atoms with Crippen LogP contribution in [0.4, 0.5) is 4.79 Å². The number of ketones is 1. The van der Waals surface area contributed by atoms with Gasteiger partial charge in [-0.25, -0.2) is 4.79 Å². The predicted molar refractivity (Wildman–Crippen MR) is 128 cm³/mol. The van der Waals surface area contributed by atoms with Gasteiger partial charge in [0.2, 0.25) is 0 Å². The van der Waals surface area contributed by atoms with E-state index in [9.17, 15) is 9.59 Å². The first kappa shape index (κ1) is 20.9. The first-order valence-corrected chi connectivity index (χ1v) is 12.8. The summed E-state index contributed by atoms with van der Waals surface area (Å²) >= 11 is 0. The minimum atomic E-state index is -0.184. The quantitative estimate of drug-likeness (QED) is 0.543. The molecule has 2 atom stereocenters. The molecule has 2 bridgehead atoms. The van der Waals surface area contributed by atoms with Crippen LogP contribution in [0.15, 0.2) is 48.5 Å². The van der Waals surface area contributed by atoms with E-state index in [1.807, 2.05) is 4.90 Å². The molecule has 0 N–H and O–H groups in total. The van der Waals surface area contributed by atoms with Gasteiger partial charge in [0.05, 0.1) is 0 Å². The second-order valence-electron chi connectivity index (χ2n) is 10.6. The van der Waals surface area contributed by atoms with Crippen molar-refractivity contribution in [3.8, 4) is 11.1 Å². The third-order valence-electron chi connectivity index (χ3n) is 8.69. The summed E-state index contributed by atoms with van der Waals surface area (Å²) in [7, 11) is 0. The molecule has 4 aliphatic rings. The molecule has 1 amide bonds. The molecule has 2 aliphatic carbocycles. The Morgan fingerprint density at radius 2 is 1.39 bits per heavy atom. The predicted octanol–water partition coefficient (Wildman–Crippen LogP) is 6.33. The van der Waals surface area contributed by atoms with Gasteiger partial charge >= 0.3 is 6.09 Å². The largest absolute Gasteiger partial charge is 0.448 e. The Balaban J connectivity index is 1.14. The summed E-state index contributed by atoms with van der Waals surface area (Å²) in [5.41, 5.74) is 4.98. The maximum atomic E-state index is 13.3. The molecule has 2 aliphatic heterocycles. The Bertz CT molecular complexity index is 999. The van der Waals surface area contributed by atoms with Crippen molar-refractivity contribution < 1.29 is 14.3 Å². The highest BCUT2D eigenvalue weighted by atomic mass is 16.6. The molecule has 0 aromatic heterocycles. The number of carbonyl (C=O) groups is 2. The summed E-state index contributed by atoms with van der Waals surface area (Å²) in [5.74, 6) is 1.29. The lowest BCUT2D eigenvalue weighted by atomic mass is 9.73. The minimum Gasteiger partial charge on any atom is -0.448 e. The van der Waals surface area contributed by atoms with Gasteiger partial charge in [0.1, 0.15) is 12.4 Å². The topological polar surface area (TPSA) is 46.6 Å². The van der Waals surface area contributed by atoms with Crippen molar-refractivity contribution >= 4 is 11.9 Å². The number of rotatable bonds is 5. The van der Waals surface area contributed by atoms with Crippen molar-refractivity contribution in [2.24, 2.45) is 11.8 Å². The number of benzene rings is 2. The molecule has 1 saturated carbocycles. The molecule has 2 saturated heterocycles. The van der Waals surface area contributed by atoms with Crippen LogP contribution in [-0.2, 0) is 9.53 Å². The SMILES string of the molecule is O=C(CC1CCC1)C1CC2CCCC(C1)N2C(=O)OCC1c2ccccc2-c2ccccc21. The number of fused-ring (bicyclic) bond motifs is 5. The van der Waals surface area contributed by atoms with Crippen molar-refractivity contribution in [2.75, 3.05) is 6.61 Å². The molecule has 172 valence electrons. The van der Waals surface area contributed by atoms with Gasteiger partial charge in [0.15, 0.2) is 0 Å². The molecule has 0 spiro atoms. The molecule has 3 fully saturated rings. The third-order valence-corrected chi connectivity index (χ3v) is 8.69. The van der Waals surface area contributed by atoms with Gasteiger partial charge in [-0.2, -0.15) is 0 Å². The summed E-state index contributed by atoms with van der Waals surface area (Å²) in [4.78, 5) is 28.2. The first-order chi connectivity index (χ1) is 16.2. The molecule has 6 rings (SSSR count). The zero-order valence-corrected chi connectivity index (χ0v) is 19.2. The Morgan fingerprint density at radius 3 is 1.97 bits per heavy atom. The van der Waals surface area contributed by atoms with Crippen LogP contribution in [0.3, 0.4) is 0 Å². The van der Waals surface area contributed by atoms with E-state index in [1.165, 1.54) is 41.5 Å². The standard InChI is InChI=1S/C29H33NO3/c31-28(15-19-7-5-8-19)20-16-21-9-6-10-22(17-20)30(21)29(32)33-18-27-25-13-3-1-11-23(25)24-12-2-4-14-26(24)27/h1-4,11-14,19-22,27H,5-10,15-18H2. The smallest absolute Gasteiger partial charge is 0.410 e. The summed E-state index contributed by atoms with van der Waals surface area (Å²) in [5, 5.41) is 0. The van der Waals surface area contributed by atoms with Gasteiger partial charge in [-0.05, 0) is 60.3 Å². The normalized spacial score (nSPS) is 26.3. The number of piperidine rings is 2. The highest BCUT2D eigenvalue weighted by Crippen LogP contribution is 2.45. The molecular weight excluding hydrogens is 410 g/mol. The van der Waals surface area contributed by atoms with E-state index in [2.05, 4.69) is 48.5 Å². The Hall–Kier alpha value is -2.62. The van der Waals surface area contributed by atoms with E-state index in [1.54, 1.807) is 0 Å². The first-order valence-electron chi connectivity index (χ1n) is 12.8. The fourth-order valence-corrected chi connectivity index (χ4v) is 6.76. The number of carbonyl (C=O) groups excluding carboxylic acids is 2. The third kappa shape index (κ3) is 3.78. The van der Waals surface area contributed by atoms with E-state index in [-0.39, 0.29) is 30.0 Å². The van der Waals surface area contributed by atoms with Crippen molar-refractivity contribution in [1.29, 1.82) is 0 Å². The van der Waals surface area contributed by atoms with Gasteiger partial charge in [-0.1, -0.05) is 67.8 Å². The van der Waals surface area contributed by atoms with Crippen molar-refractivity contribution in [2.45, 2.75) is 75.8 Å². The van der Waals surface area contributed by atoms with Gasteiger partial charge in [-0.3, -0.25) is 4.79 Å². The molecular formula is C29H33NO3. The summed E-state index contributed by atoms with van der Waals surface area (Å²) in [6.45, 7) is 0.368. The number of nitrogens with zero attached hydrogens (tertiary/aromatic N) is 1. The number of hydrogen-bond donors (Lipinski definition) is 0. The Labute approximate surface area is 196 Å². The van der Waals surface area contributed by atoms with E-state index in [0.717, 1.165) is 38.5 Å². The second-order valence-corrected chi connectivity index (χ2v) is 10.6. The van der Waals surface area contributed by atoms with E-state index in [4.69, 9.17) is 4.74 Å². The van der Waals surface area contributed by atoms with Crippen LogP contribution in [0.25, 0.3) is 11.1 Å². The second kappa shape index (κ2) is 8.62. The molecule has 4 heteroatoms. The lowest BCUT2D eigenvalue weighted by Gasteiger charge is -2.48. The van der Waals surface area contributed by atoms with Crippen molar-refractivity contribution in [1.82, 2.24) is 4.90 Å². The van der Waals surface area contributed by atoms with Crippen molar-refractivity contribution in [3.05, 3.63) is 59.7 Å². The molecule has 2 unspecified atom stereocenters. The Morgan fingerprint density at radius 1 is 0.818 bits per heavy atom. The van der Waals surface area contributed by atoms with Crippen LogP contribution in [0.1, 0.15) is 74.8 Å². The van der Waals surface area contributed by atoms with E-state index < -0.39 is 0 Å². The monoisotopic (exact) mass is 443 g/mol. The number of hydrogen-bond acceptors (Lipinski definition) is 3. The van der Waals surface area contributed by atoms with Crippen molar-refractivity contribution in [3.63, 3.8) is 0 Å². The lowest BCUT2D eigenvalue weighted by molar-refractivity contribution is -0.128. The molecule has 0 radical (unpaired) electrons. The van der Waals surface area contributed by atoms with E-state index in [0.29, 0.717) is 18.3 Å². The Kier molecular flexibility index (Phi) is 5.48. The zero-order valence-electron chi connectivity index (χ0n) is 19.2. The molecule has 33 heavy (non-hydrogen) atoms. The van der Waals surface area contributed by atoms with Gasteiger partial charge in [0, 0.05) is 30.3 Å². The van der Waals surface area contributed by atoms with Crippen LogP contribution in [0.2, 0.25) is 0 Å². The average molecular weight is 444 g/mol. The molecule has 2 aromatic carbocycles. The van der Waals surface area contributed by atoms with Crippen LogP contribution in [0, 0.1) is 11.8 Å². The zero-order chi connectivity index (χ0) is 22.4. The highest BCUT2D eigenvalue weighted by Gasteiger charge is 2.44. The van der Waals surface area contributed by atoms with Gasteiger partial charge in [-0.15, -0.1) is 0 Å². The molecule has 2 heterocycles. The average Bonchev–Trinajstić information content (AvgIpc) is 3.12. The maximum Gasteiger partial charge on any atom is 0.410 e. The van der Waals surface area contributed by atoms with Crippen LogP contribution >= 0.6 is 0 Å². The highest BCUT2D eigenvalue weighted by molar-refractivity contribution is 5.82. The van der Waals surface area contributed by atoms with Gasteiger partial charge in [0.25, 0.3) is 0 Å². The number of amides is 1. The molecule has 2 aromatic rings. The van der Waals surface area contributed by atoms with Crippen LogP contribution in [-0.4, -0.2) is 35.5 Å². The van der Waals surface area contributed by atoms with Crippen LogP contribution < -0.4 is 0 Å². The number of ether oxygens (including phenoxy) is 1. The summed E-state index contributed by atoms with van der Waals surface area (Å²) in [6, 6.07) is 17.2. The van der Waals surface area contributed by atoms with Gasteiger partial charge < -0.3 is 9.64 Å². The van der Waals surface area contributed by atoms with Crippen LogP contribution in [0.5, 0.6) is 0 Å². The minimum absolute atomic E-state index is 0.0859. The fourth-order valence-electron chi connectivity index (χ4n) is 6.76. The summed E-state index contributed by atoms with van der Waals surface area (Å²) in [6.07, 6.45) is 9.08. The summed E-state index contributed by atoms with van der Waals surface area (Å²) < 4.78 is 6.00.